The highest BCUT2D eigenvalue weighted by molar-refractivity contribution is 6.01. The number of nitrogens with zero attached hydrogens (tertiary/aromatic N) is 2. The SMILES string of the molecule is C[C@H](CC(=O)c1ccc(/C(N)=N/O)cc1)C(=O)N1CCC(OCC(=O)OCC2CCNCC2)CC1. The molecule has 35 heavy (non-hydrogen) atoms. The van der Waals surface area contributed by atoms with Crippen LogP contribution in [0.2, 0.25) is 0 Å². The number of oxime groups is 1. The second kappa shape index (κ2) is 13.2. The van der Waals surface area contributed by atoms with E-state index in [1.807, 2.05) is 0 Å². The van der Waals surface area contributed by atoms with Crippen LogP contribution in [-0.4, -0.2) is 79.1 Å². The number of benzene rings is 1. The van der Waals surface area contributed by atoms with Gasteiger partial charge < -0.3 is 30.6 Å². The van der Waals surface area contributed by atoms with E-state index in [4.69, 9.17) is 20.4 Å². The van der Waals surface area contributed by atoms with Crippen LogP contribution < -0.4 is 11.1 Å². The molecule has 1 atom stereocenters. The molecule has 0 bridgehead atoms. The van der Waals surface area contributed by atoms with Crippen LogP contribution in [0, 0.1) is 11.8 Å². The zero-order valence-corrected chi connectivity index (χ0v) is 20.3. The summed E-state index contributed by atoms with van der Waals surface area (Å²) >= 11 is 0. The van der Waals surface area contributed by atoms with E-state index in [9.17, 15) is 14.4 Å². The predicted molar refractivity (Wildman–Crippen MR) is 129 cm³/mol. The molecule has 10 nitrogen and oxygen atoms in total. The highest BCUT2D eigenvalue weighted by Gasteiger charge is 2.28. The van der Waals surface area contributed by atoms with Gasteiger partial charge in [0, 0.05) is 36.6 Å². The van der Waals surface area contributed by atoms with Crippen molar-refractivity contribution >= 4 is 23.5 Å². The van der Waals surface area contributed by atoms with E-state index in [1.54, 1.807) is 36.1 Å². The first-order chi connectivity index (χ1) is 16.9. The molecule has 3 rings (SSSR count). The van der Waals surface area contributed by atoms with Gasteiger partial charge in [-0.25, -0.2) is 4.79 Å². The monoisotopic (exact) mass is 488 g/mol. The Balaban J connectivity index is 1.35. The van der Waals surface area contributed by atoms with Crippen LogP contribution in [0.1, 0.15) is 54.9 Å². The first-order valence-corrected chi connectivity index (χ1v) is 12.2. The van der Waals surface area contributed by atoms with E-state index < -0.39 is 5.92 Å². The Labute approximate surface area is 205 Å². The number of amides is 1. The molecule has 192 valence electrons. The third kappa shape index (κ3) is 8.03. The van der Waals surface area contributed by atoms with Crippen LogP contribution in [0.4, 0.5) is 0 Å². The summed E-state index contributed by atoms with van der Waals surface area (Å²) in [6.45, 7) is 5.12. The Morgan fingerprint density at radius 1 is 1.11 bits per heavy atom. The molecule has 2 aliphatic rings. The van der Waals surface area contributed by atoms with Crippen molar-refractivity contribution in [2.45, 2.75) is 45.1 Å². The van der Waals surface area contributed by atoms with Gasteiger partial charge in [0.25, 0.3) is 0 Å². The van der Waals surface area contributed by atoms with Crippen LogP contribution in [-0.2, 0) is 19.1 Å². The molecular weight excluding hydrogens is 452 g/mol. The van der Waals surface area contributed by atoms with Gasteiger partial charge in [-0.3, -0.25) is 9.59 Å². The Morgan fingerprint density at radius 2 is 1.74 bits per heavy atom. The van der Waals surface area contributed by atoms with Gasteiger partial charge in [-0.1, -0.05) is 36.3 Å². The molecule has 0 aromatic heterocycles. The number of rotatable bonds is 10. The van der Waals surface area contributed by atoms with Crippen LogP contribution >= 0.6 is 0 Å². The minimum atomic E-state index is -0.450. The van der Waals surface area contributed by atoms with Gasteiger partial charge in [0.05, 0.1) is 12.7 Å². The lowest BCUT2D eigenvalue weighted by Crippen LogP contribution is -2.43. The first-order valence-electron chi connectivity index (χ1n) is 12.2. The molecule has 2 heterocycles. The number of nitrogens with one attached hydrogen (secondary N) is 1. The molecule has 0 radical (unpaired) electrons. The van der Waals surface area contributed by atoms with Crippen LogP contribution in [0.25, 0.3) is 0 Å². The molecule has 10 heteroatoms. The maximum Gasteiger partial charge on any atom is 0.332 e. The van der Waals surface area contributed by atoms with Crippen molar-refractivity contribution in [3.05, 3.63) is 35.4 Å². The smallest absolute Gasteiger partial charge is 0.332 e. The molecule has 1 amide bonds. The lowest BCUT2D eigenvalue weighted by Gasteiger charge is -2.33. The number of carbonyl (C=O) groups excluding carboxylic acids is 3. The van der Waals surface area contributed by atoms with Gasteiger partial charge in [-0.2, -0.15) is 0 Å². The Kier molecular flexibility index (Phi) is 10.0. The number of carbonyl (C=O) groups is 3. The van der Waals surface area contributed by atoms with Crippen molar-refractivity contribution in [2.75, 3.05) is 39.4 Å². The quantitative estimate of drug-likeness (QED) is 0.112. The number of nitrogens with two attached hydrogens (primary N) is 1. The van der Waals surface area contributed by atoms with E-state index in [-0.39, 0.29) is 42.6 Å². The van der Waals surface area contributed by atoms with E-state index in [0.717, 1.165) is 25.9 Å². The number of piperidine rings is 2. The number of amidine groups is 1. The van der Waals surface area contributed by atoms with Crippen LogP contribution in [0.5, 0.6) is 0 Å². The third-order valence-electron chi connectivity index (χ3n) is 6.65. The van der Waals surface area contributed by atoms with Crippen molar-refractivity contribution in [2.24, 2.45) is 22.7 Å². The Morgan fingerprint density at radius 3 is 2.37 bits per heavy atom. The number of hydrogen-bond acceptors (Lipinski definition) is 8. The fraction of sp³-hybridized carbons (Fsp3) is 0.600. The summed E-state index contributed by atoms with van der Waals surface area (Å²) in [6.07, 6.45) is 3.34. The molecular formula is C25H36N4O6. The maximum absolute atomic E-state index is 12.8. The first kappa shape index (κ1) is 26.6. The van der Waals surface area contributed by atoms with Gasteiger partial charge in [-0.05, 0) is 44.7 Å². The molecule has 1 aromatic rings. The fourth-order valence-electron chi connectivity index (χ4n) is 4.41. The van der Waals surface area contributed by atoms with Gasteiger partial charge >= 0.3 is 5.97 Å². The summed E-state index contributed by atoms with van der Waals surface area (Å²) in [4.78, 5) is 39.2. The Bertz CT molecular complexity index is 890. The van der Waals surface area contributed by atoms with Gasteiger partial charge in [0.2, 0.25) is 5.91 Å². The van der Waals surface area contributed by atoms with Crippen molar-refractivity contribution in [3.63, 3.8) is 0 Å². The highest BCUT2D eigenvalue weighted by atomic mass is 16.6. The second-order valence-electron chi connectivity index (χ2n) is 9.30. The summed E-state index contributed by atoms with van der Waals surface area (Å²) in [5.74, 6) is -0.608. The molecule has 0 unspecified atom stereocenters. The number of ketones is 1. The number of hydrogen-bond donors (Lipinski definition) is 3. The third-order valence-corrected chi connectivity index (χ3v) is 6.65. The van der Waals surface area contributed by atoms with Crippen LogP contribution in [0.15, 0.2) is 29.4 Å². The van der Waals surface area contributed by atoms with E-state index in [0.29, 0.717) is 49.6 Å². The van der Waals surface area contributed by atoms with Gasteiger partial charge in [0.1, 0.15) is 6.61 Å². The zero-order chi connectivity index (χ0) is 25.2. The summed E-state index contributed by atoms with van der Waals surface area (Å²) in [5.41, 5.74) is 6.52. The van der Waals surface area contributed by atoms with E-state index in [2.05, 4.69) is 10.5 Å². The molecule has 2 fully saturated rings. The number of esters is 1. The number of ether oxygens (including phenoxy) is 2. The zero-order valence-electron chi connectivity index (χ0n) is 20.3. The van der Waals surface area contributed by atoms with E-state index in [1.165, 1.54) is 0 Å². The van der Waals surface area contributed by atoms with Crippen molar-refractivity contribution in [3.8, 4) is 0 Å². The molecule has 0 spiro atoms. The molecule has 0 aliphatic carbocycles. The molecule has 2 aliphatic heterocycles. The number of likely N-dealkylation sites (tertiary alicyclic amines) is 1. The molecule has 1 aromatic carbocycles. The Hall–Kier alpha value is -2.98. The lowest BCUT2D eigenvalue weighted by molar-refractivity contribution is -0.154. The predicted octanol–water partition coefficient (Wildman–Crippen LogP) is 1.54. The standard InChI is InChI=1S/C25H36N4O6/c1-17(14-22(30)19-2-4-20(5-3-19)24(26)28-33)25(32)29-12-8-21(9-13-29)34-16-23(31)35-15-18-6-10-27-11-7-18/h2-5,17-18,21,27,33H,6-16H2,1H3,(H2,26,28)/t17-/m1/s1. The summed E-state index contributed by atoms with van der Waals surface area (Å²) in [7, 11) is 0. The summed E-state index contributed by atoms with van der Waals surface area (Å²) < 4.78 is 11.1. The topological polar surface area (TPSA) is 144 Å². The minimum Gasteiger partial charge on any atom is -0.464 e. The van der Waals surface area contributed by atoms with Crippen LogP contribution in [0.3, 0.4) is 0 Å². The normalized spacial score (nSPS) is 18.8. The van der Waals surface area contributed by atoms with Gasteiger partial charge in [0.15, 0.2) is 11.6 Å². The van der Waals surface area contributed by atoms with Crippen molar-refractivity contribution in [1.82, 2.24) is 10.2 Å². The van der Waals surface area contributed by atoms with Gasteiger partial charge in [-0.15, -0.1) is 0 Å². The molecule has 0 saturated carbocycles. The molecule has 2 saturated heterocycles. The number of Topliss-reactive ketones (excluding diaryl/α,β-unsaturated/α-hetero) is 1. The molecule has 4 N–H and O–H groups in total. The largest absolute Gasteiger partial charge is 0.464 e. The fourth-order valence-corrected chi connectivity index (χ4v) is 4.41. The maximum atomic E-state index is 12.8. The summed E-state index contributed by atoms with van der Waals surface area (Å²) in [6, 6.07) is 6.41. The average Bonchev–Trinajstić information content (AvgIpc) is 2.90. The minimum absolute atomic E-state index is 0.0333. The van der Waals surface area contributed by atoms with Crippen molar-refractivity contribution in [1.29, 1.82) is 0 Å². The highest BCUT2D eigenvalue weighted by Crippen LogP contribution is 2.19. The average molecular weight is 489 g/mol. The second-order valence-corrected chi connectivity index (χ2v) is 9.30. The van der Waals surface area contributed by atoms with E-state index >= 15 is 0 Å². The van der Waals surface area contributed by atoms with Crippen molar-refractivity contribution < 1.29 is 29.1 Å². The lowest BCUT2D eigenvalue weighted by atomic mass is 9.96. The summed E-state index contributed by atoms with van der Waals surface area (Å²) in [5, 5.41) is 15.0.